The van der Waals surface area contributed by atoms with Crippen LogP contribution in [0.3, 0.4) is 0 Å². The SMILES string of the molecule is CCOC(=O)CC(B1OC(C)(C)C(C)(C)O1)c1ccc(/C=C/C(=O)OC)cc1. The van der Waals surface area contributed by atoms with Crippen LogP contribution in [0.25, 0.3) is 6.08 Å². The Hall–Kier alpha value is -2.12. The highest BCUT2D eigenvalue weighted by molar-refractivity contribution is 6.48. The van der Waals surface area contributed by atoms with Gasteiger partial charge in [0.05, 0.1) is 31.3 Å². The molecule has 0 bridgehead atoms. The summed E-state index contributed by atoms with van der Waals surface area (Å²) < 4.78 is 22.1. The molecule has 1 aromatic carbocycles. The summed E-state index contributed by atoms with van der Waals surface area (Å²) >= 11 is 0. The lowest BCUT2D eigenvalue weighted by molar-refractivity contribution is -0.143. The maximum Gasteiger partial charge on any atom is 0.466 e. The summed E-state index contributed by atoms with van der Waals surface area (Å²) in [6.07, 6.45) is 3.19. The standard InChI is InChI=1S/C21H29BO6/c1-7-26-19(24)14-17(22-27-20(2,3)21(4,5)28-22)16-11-8-15(9-12-16)10-13-18(23)25-6/h8-13,17H,7,14H2,1-6H3/b13-10+. The van der Waals surface area contributed by atoms with Gasteiger partial charge in [-0.25, -0.2) is 4.79 Å². The predicted molar refractivity (Wildman–Crippen MR) is 108 cm³/mol. The number of rotatable bonds is 7. The Kier molecular flexibility index (Phi) is 7.07. The number of ether oxygens (including phenoxy) is 2. The predicted octanol–water partition coefficient (Wildman–Crippen LogP) is 3.54. The van der Waals surface area contributed by atoms with Crippen molar-refractivity contribution in [3.8, 4) is 0 Å². The molecule has 0 saturated carbocycles. The van der Waals surface area contributed by atoms with Gasteiger partial charge in [0, 0.05) is 11.9 Å². The van der Waals surface area contributed by atoms with Crippen molar-refractivity contribution in [3.05, 3.63) is 41.5 Å². The van der Waals surface area contributed by atoms with E-state index >= 15 is 0 Å². The van der Waals surface area contributed by atoms with Crippen LogP contribution in [0, 0.1) is 0 Å². The van der Waals surface area contributed by atoms with Gasteiger partial charge in [-0.05, 0) is 51.8 Å². The topological polar surface area (TPSA) is 71.1 Å². The van der Waals surface area contributed by atoms with Crippen LogP contribution in [0.2, 0.25) is 0 Å². The summed E-state index contributed by atoms with van der Waals surface area (Å²) in [6.45, 7) is 10.0. The van der Waals surface area contributed by atoms with Gasteiger partial charge in [0.15, 0.2) is 0 Å². The molecule has 2 rings (SSSR count). The van der Waals surface area contributed by atoms with Crippen molar-refractivity contribution in [2.45, 2.75) is 58.1 Å². The molecular weight excluding hydrogens is 359 g/mol. The lowest BCUT2D eigenvalue weighted by Crippen LogP contribution is -2.41. The monoisotopic (exact) mass is 388 g/mol. The Morgan fingerprint density at radius 3 is 2.18 bits per heavy atom. The largest absolute Gasteiger partial charge is 0.466 e. The van der Waals surface area contributed by atoms with Crippen molar-refractivity contribution in [1.82, 2.24) is 0 Å². The van der Waals surface area contributed by atoms with E-state index in [1.807, 2.05) is 52.0 Å². The number of carbonyl (C=O) groups excluding carboxylic acids is 2. The third-order valence-electron chi connectivity index (χ3n) is 5.27. The van der Waals surface area contributed by atoms with Gasteiger partial charge >= 0.3 is 19.1 Å². The number of methoxy groups -OCH3 is 1. The van der Waals surface area contributed by atoms with Gasteiger partial charge in [-0.2, -0.15) is 0 Å². The Balaban J connectivity index is 2.26. The second-order valence-electron chi connectivity index (χ2n) is 7.76. The van der Waals surface area contributed by atoms with Crippen LogP contribution in [0.15, 0.2) is 30.3 Å². The quantitative estimate of drug-likeness (QED) is 0.404. The first-order chi connectivity index (χ1) is 13.1. The smallest absolute Gasteiger partial charge is 0.466 e. The molecule has 0 radical (unpaired) electrons. The van der Waals surface area contributed by atoms with Crippen LogP contribution in [-0.2, 0) is 28.4 Å². The molecule has 152 valence electrons. The van der Waals surface area contributed by atoms with Crippen LogP contribution in [0.5, 0.6) is 0 Å². The van der Waals surface area contributed by atoms with Crippen molar-refractivity contribution < 1.29 is 28.4 Å². The van der Waals surface area contributed by atoms with Crippen molar-refractivity contribution in [2.75, 3.05) is 13.7 Å². The molecule has 0 aliphatic carbocycles. The molecular formula is C21H29BO6. The first kappa shape index (κ1) is 22.2. The fourth-order valence-electron chi connectivity index (χ4n) is 2.91. The van der Waals surface area contributed by atoms with Crippen LogP contribution < -0.4 is 0 Å². The first-order valence-electron chi connectivity index (χ1n) is 9.47. The van der Waals surface area contributed by atoms with Gasteiger partial charge < -0.3 is 18.8 Å². The van der Waals surface area contributed by atoms with Crippen LogP contribution in [0.4, 0.5) is 0 Å². The molecule has 28 heavy (non-hydrogen) atoms. The zero-order valence-corrected chi connectivity index (χ0v) is 17.5. The summed E-state index contributed by atoms with van der Waals surface area (Å²) in [5, 5.41) is 0. The molecule has 0 amide bonds. The number of esters is 2. The summed E-state index contributed by atoms with van der Waals surface area (Å²) in [6, 6.07) is 7.56. The van der Waals surface area contributed by atoms with E-state index in [0.717, 1.165) is 11.1 Å². The fourth-order valence-corrected chi connectivity index (χ4v) is 2.91. The average molecular weight is 388 g/mol. The van der Waals surface area contributed by atoms with E-state index in [4.69, 9.17) is 14.0 Å². The molecule has 1 aliphatic heterocycles. The minimum atomic E-state index is -0.564. The highest BCUT2D eigenvalue weighted by Crippen LogP contribution is 2.41. The Labute approximate surface area is 167 Å². The van der Waals surface area contributed by atoms with Crippen LogP contribution in [0.1, 0.15) is 58.0 Å². The van der Waals surface area contributed by atoms with E-state index in [1.165, 1.54) is 13.2 Å². The van der Waals surface area contributed by atoms with Crippen molar-refractivity contribution in [3.63, 3.8) is 0 Å². The van der Waals surface area contributed by atoms with Gasteiger partial charge in [0.25, 0.3) is 0 Å². The molecule has 0 aromatic heterocycles. The Morgan fingerprint density at radius 2 is 1.68 bits per heavy atom. The van der Waals surface area contributed by atoms with Gasteiger partial charge in [0.2, 0.25) is 0 Å². The van der Waals surface area contributed by atoms with Crippen molar-refractivity contribution in [2.24, 2.45) is 0 Å². The second-order valence-corrected chi connectivity index (χ2v) is 7.76. The Bertz CT molecular complexity index is 707. The molecule has 1 atom stereocenters. The van der Waals surface area contributed by atoms with E-state index in [2.05, 4.69) is 4.74 Å². The molecule has 1 saturated heterocycles. The molecule has 0 spiro atoms. The fraction of sp³-hybridized carbons (Fsp3) is 0.524. The number of carbonyl (C=O) groups is 2. The summed E-state index contributed by atoms with van der Waals surface area (Å²) in [4.78, 5) is 23.4. The molecule has 0 N–H and O–H groups in total. The van der Waals surface area contributed by atoms with Crippen molar-refractivity contribution in [1.29, 1.82) is 0 Å². The Morgan fingerprint density at radius 1 is 1.11 bits per heavy atom. The molecule has 6 nitrogen and oxygen atoms in total. The maximum atomic E-state index is 12.2. The van der Waals surface area contributed by atoms with Gasteiger partial charge in [-0.1, -0.05) is 24.3 Å². The molecule has 1 unspecified atom stereocenters. The van der Waals surface area contributed by atoms with Gasteiger partial charge in [0.1, 0.15) is 0 Å². The van der Waals surface area contributed by atoms with E-state index in [9.17, 15) is 9.59 Å². The summed E-state index contributed by atoms with van der Waals surface area (Å²) in [5.74, 6) is -1.02. The van der Waals surface area contributed by atoms with Crippen LogP contribution in [-0.4, -0.2) is 44.0 Å². The highest BCUT2D eigenvalue weighted by Gasteiger charge is 2.54. The van der Waals surface area contributed by atoms with E-state index in [0.29, 0.717) is 6.61 Å². The molecule has 1 fully saturated rings. The van der Waals surface area contributed by atoms with Crippen LogP contribution >= 0.6 is 0 Å². The summed E-state index contributed by atoms with van der Waals surface area (Å²) in [7, 11) is 0.770. The average Bonchev–Trinajstić information content (AvgIpc) is 2.85. The normalized spacial score (nSPS) is 18.9. The third-order valence-corrected chi connectivity index (χ3v) is 5.27. The number of benzene rings is 1. The zero-order chi connectivity index (χ0) is 20.9. The van der Waals surface area contributed by atoms with E-state index in [1.54, 1.807) is 13.0 Å². The van der Waals surface area contributed by atoms with Crippen molar-refractivity contribution >= 4 is 25.1 Å². The summed E-state index contributed by atoms with van der Waals surface area (Å²) in [5.41, 5.74) is 0.765. The number of hydrogen-bond donors (Lipinski definition) is 0. The molecule has 1 aromatic rings. The highest BCUT2D eigenvalue weighted by atomic mass is 16.7. The van der Waals surface area contributed by atoms with Gasteiger partial charge in [-0.3, -0.25) is 4.79 Å². The van der Waals surface area contributed by atoms with E-state index < -0.39 is 24.3 Å². The molecule has 7 heteroatoms. The minimum absolute atomic E-state index is 0.155. The lowest BCUT2D eigenvalue weighted by atomic mass is 9.66. The maximum absolute atomic E-state index is 12.2. The second kappa shape index (κ2) is 8.92. The lowest BCUT2D eigenvalue weighted by Gasteiger charge is -2.32. The third kappa shape index (κ3) is 5.23. The minimum Gasteiger partial charge on any atom is -0.466 e. The molecule has 1 aliphatic rings. The molecule has 1 heterocycles. The number of hydrogen-bond acceptors (Lipinski definition) is 6. The van der Waals surface area contributed by atoms with Gasteiger partial charge in [-0.15, -0.1) is 0 Å². The zero-order valence-electron chi connectivity index (χ0n) is 17.5. The van der Waals surface area contributed by atoms with E-state index in [-0.39, 0.29) is 18.2 Å². The first-order valence-corrected chi connectivity index (χ1v) is 9.47.